The highest BCUT2D eigenvalue weighted by atomic mass is 35.5. The summed E-state index contributed by atoms with van der Waals surface area (Å²) in [7, 11) is -3.27. The number of nitrogens with two attached hydrogens (primary N) is 1. The van der Waals surface area contributed by atoms with Gasteiger partial charge in [0.2, 0.25) is 0 Å². The molecular formula is C12H16ClNO3S. The van der Waals surface area contributed by atoms with Gasteiger partial charge in [0.15, 0.2) is 9.84 Å². The first-order valence-corrected chi connectivity index (χ1v) is 7.83. The van der Waals surface area contributed by atoms with E-state index >= 15 is 0 Å². The largest absolute Gasteiger partial charge is 0.394 e. The Kier molecular flexibility index (Phi) is 3.44. The molecule has 4 nitrogen and oxygen atoms in total. The van der Waals surface area contributed by atoms with Gasteiger partial charge in [0, 0.05) is 16.7 Å². The van der Waals surface area contributed by atoms with Crippen molar-refractivity contribution < 1.29 is 13.5 Å². The van der Waals surface area contributed by atoms with Gasteiger partial charge in [0.25, 0.3) is 0 Å². The second-order valence-electron chi connectivity index (χ2n) is 4.67. The van der Waals surface area contributed by atoms with Crippen molar-refractivity contribution in [1.29, 1.82) is 0 Å². The Bertz CT molecular complexity index is 543. The first-order chi connectivity index (χ1) is 8.36. The average Bonchev–Trinajstić information content (AvgIpc) is 2.98. The molecule has 0 aliphatic heterocycles. The highest BCUT2D eigenvalue weighted by molar-refractivity contribution is 7.92. The summed E-state index contributed by atoms with van der Waals surface area (Å²) in [5, 5.41) is 9.24. The fraction of sp³-hybridized carbons (Fsp3) is 0.500. The number of sulfone groups is 1. The van der Waals surface area contributed by atoms with E-state index in [4.69, 9.17) is 17.3 Å². The zero-order chi connectivity index (χ0) is 13.6. The third-order valence-corrected chi connectivity index (χ3v) is 6.14. The van der Waals surface area contributed by atoms with Gasteiger partial charge in [0.05, 0.1) is 17.4 Å². The molecule has 0 unspecified atom stereocenters. The molecule has 1 saturated carbocycles. The second kappa shape index (κ2) is 4.49. The summed E-state index contributed by atoms with van der Waals surface area (Å²) in [6, 6.07) is 6.91. The van der Waals surface area contributed by atoms with Crippen LogP contribution in [0, 0.1) is 0 Å². The fourth-order valence-corrected chi connectivity index (χ4v) is 4.61. The van der Waals surface area contributed by atoms with E-state index in [1.807, 2.05) is 0 Å². The van der Waals surface area contributed by atoms with Gasteiger partial charge >= 0.3 is 0 Å². The molecule has 0 heterocycles. The monoisotopic (exact) mass is 289 g/mol. The van der Waals surface area contributed by atoms with Crippen molar-refractivity contribution in [3.8, 4) is 0 Å². The van der Waals surface area contributed by atoms with Gasteiger partial charge in [-0.1, -0.05) is 30.7 Å². The Labute approximate surface area is 112 Å². The highest BCUT2D eigenvalue weighted by Crippen LogP contribution is 2.54. The maximum absolute atomic E-state index is 12.0. The van der Waals surface area contributed by atoms with Crippen molar-refractivity contribution in [2.45, 2.75) is 23.6 Å². The normalized spacial score (nSPS) is 31.3. The molecule has 1 aromatic rings. The van der Waals surface area contributed by atoms with E-state index in [2.05, 4.69) is 0 Å². The smallest absolute Gasteiger partial charge is 0.155 e. The molecule has 0 spiro atoms. The molecule has 0 saturated heterocycles. The van der Waals surface area contributed by atoms with Crippen LogP contribution < -0.4 is 5.73 Å². The Balaban J connectivity index is 2.37. The standard InChI is InChI=1S/C12H16ClNO3S/c1-2-18(16,17)11-10(12(11,14)7-15)8-3-5-9(13)6-4-8/h3-6,10-11,15H,2,7,14H2,1H3/t10-,11+,12-/m0/s1. The molecule has 0 bridgehead atoms. The number of hydrogen-bond acceptors (Lipinski definition) is 4. The highest BCUT2D eigenvalue weighted by Gasteiger charge is 2.68. The molecule has 6 heteroatoms. The lowest BCUT2D eigenvalue weighted by Gasteiger charge is -2.07. The Hall–Kier alpha value is -0.620. The molecule has 100 valence electrons. The minimum absolute atomic E-state index is 0.0285. The lowest BCUT2D eigenvalue weighted by molar-refractivity contribution is 0.253. The topological polar surface area (TPSA) is 80.4 Å². The molecule has 1 fully saturated rings. The molecule has 0 amide bonds. The molecule has 2 rings (SSSR count). The van der Waals surface area contributed by atoms with Crippen LogP contribution in [0.4, 0.5) is 0 Å². The maximum Gasteiger partial charge on any atom is 0.155 e. The van der Waals surface area contributed by atoms with Gasteiger partial charge in [0.1, 0.15) is 0 Å². The molecule has 1 aliphatic rings. The fourth-order valence-electron chi connectivity index (χ4n) is 2.49. The number of aliphatic hydroxyl groups is 1. The van der Waals surface area contributed by atoms with Crippen molar-refractivity contribution in [1.82, 2.24) is 0 Å². The van der Waals surface area contributed by atoms with E-state index < -0.39 is 20.6 Å². The predicted octanol–water partition coefficient (Wildman–Crippen LogP) is 0.930. The van der Waals surface area contributed by atoms with Crippen molar-refractivity contribution in [2.75, 3.05) is 12.4 Å². The van der Waals surface area contributed by atoms with E-state index in [1.54, 1.807) is 31.2 Å². The van der Waals surface area contributed by atoms with Crippen LogP contribution in [0.15, 0.2) is 24.3 Å². The van der Waals surface area contributed by atoms with Gasteiger partial charge < -0.3 is 10.8 Å². The van der Waals surface area contributed by atoms with Gasteiger partial charge in [-0.3, -0.25) is 0 Å². The minimum atomic E-state index is -3.27. The third kappa shape index (κ3) is 2.05. The molecule has 1 aromatic carbocycles. The lowest BCUT2D eigenvalue weighted by atomic mass is 10.1. The van der Waals surface area contributed by atoms with E-state index in [0.717, 1.165) is 5.56 Å². The first-order valence-electron chi connectivity index (χ1n) is 5.73. The summed E-state index contributed by atoms with van der Waals surface area (Å²) in [5.41, 5.74) is 5.74. The molecule has 3 N–H and O–H groups in total. The van der Waals surface area contributed by atoms with Crippen molar-refractivity contribution >= 4 is 21.4 Å². The minimum Gasteiger partial charge on any atom is -0.394 e. The predicted molar refractivity (Wildman–Crippen MR) is 71.4 cm³/mol. The van der Waals surface area contributed by atoms with Crippen molar-refractivity contribution in [3.63, 3.8) is 0 Å². The van der Waals surface area contributed by atoms with Crippen LogP contribution in [0.3, 0.4) is 0 Å². The van der Waals surface area contributed by atoms with Crippen LogP contribution >= 0.6 is 11.6 Å². The maximum atomic E-state index is 12.0. The van der Waals surface area contributed by atoms with Crippen molar-refractivity contribution in [3.05, 3.63) is 34.9 Å². The molecular weight excluding hydrogens is 274 g/mol. The summed E-state index contributed by atoms with van der Waals surface area (Å²) < 4.78 is 23.9. The number of halogens is 1. The Morgan fingerprint density at radius 3 is 2.39 bits per heavy atom. The molecule has 1 aliphatic carbocycles. The van der Waals surface area contributed by atoms with Crippen LogP contribution in [0.25, 0.3) is 0 Å². The van der Waals surface area contributed by atoms with Crippen LogP contribution in [-0.4, -0.2) is 36.7 Å². The first kappa shape index (κ1) is 13.8. The Morgan fingerprint density at radius 1 is 1.39 bits per heavy atom. The molecule has 0 aromatic heterocycles. The zero-order valence-electron chi connectivity index (χ0n) is 10.0. The quantitative estimate of drug-likeness (QED) is 0.864. The Morgan fingerprint density at radius 2 is 1.94 bits per heavy atom. The van der Waals surface area contributed by atoms with Crippen LogP contribution in [0.2, 0.25) is 5.02 Å². The van der Waals surface area contributed by atoms with E-state index in [0.29, 0.717) is 5.02 Å². The van der Waals surface area contributed by atoms with Gasteiger partial charge in [-0.2, -0.15) is 0 Å². The van der Waals surface area contributed by atoms with Crippen LogP contribution in [-0.2, 0) is 9.84 Å². The third-order valence-electron chi connectivity index (χ3n) is 3.59. The summed E-state index contributed by atoms with van der Waals surface area (Å²) in [4.78, 5) is 0. The number of hydrogen-bond donors (Lipinski definition) is 2. The average molecular weight is 290 g/mol. The van der Waals surface area contributed by atoms with Crippen LogP contribution in [0.5, 0.6) is 0 Å². The van der Waals surface area contributed by atoms with E-state index in [9.17, 15) is 13.5 Å². The van der Waals surface area contributed by atoms with E-state index in [-0.39, 0.29) is 18.3 Å². The lowest BCUT2D eigenvalue weighted by Crippen LogP contribution is -2.35. The molecule has 3 atom stereocenters. The number of benzene rings is 1. The van der Waals surface area contributed by atoms with Crippen molar-refractivity contribution in [2.24, 2.45) is 5.73 Å². The van der Waals surface area contributed by atoms with Gasteiger partial charge in [-0.25, -0.2) is 8.42 Å². The summed E-state index contributed by atoms with van der Waals surface area (Å²) >= 11 is 5.80. The zero-order valence-corrected chi connectivity index (χ0v) is 11.6. The van der Waals surface area contributed by atoms with Crippen LogP contribution in [0.1, 0.15) is 18.4 Å². The van der Waals surface area contributed by atoms with E-state index in [1.165, 1.54) is 0 Å². The molecule has 0 radical (unpaired) electrons. The second-order valence-corrected chi connectivity index (χ2v) is 7.52. The summed E-state index contributed by atoms with van der Waals surface area (Å²) in [6.45, 7) is 1.24. The number of aliphatic hydroxyl groups excluding tert-OH is 1. The SMILES string of the molecule is CCS(=O)(=O)[C@@H]1[C@H](c2ccc(Cl)cc2)[C@@]1(N)CO. The van der Waals surface area contributed by atoms with Gasteiger partial charge in [-0.05, 0) is 17.7 Å². The molecule has 18 heavy (non-hydrogen) atoms. The van der Waals surface area contributed by atoms with Gasteiger partial charge in [-0.15, -0.1) is 0 Å². The summed E-state index contributed by atoms with van der Waals surface area (Å²) in [5.74, 6) is -0.328. The summed E-state index contributed by atoms with van der Waals surface area (Å²) in [6.07, 6.45) is 0. The number of rotatable bonds is 4.